The zero-order valence-electron chi connectivity index (χ0n) is 14.6. The molecule has 1 aliphatic heterocycles. The van der Waals surface area contributed by atoms with E-state index in [1.165, 1.54) is 11.8 Å². The smallest absolute Gasteiger partial charge is 0.343 e. The number of thioether (sulfide) groups is 1. The van der Waals surface area contributed by atoms with Crippen molar-refractivity contribution < 1.29 is 14.3 Å². The molecule has 0 saturated carbocycles. The number of ether oxygens (including phenoxy) is 2. The molecule has 3 rings (SSSR count). The van der Waals surface area contributed by atoms with Gasteiger partial charge in [0.05, 0.1) is 12.3 Å². The molecule has 140 valence electrons. The third-order valence-electron chi connectivity index (χ3n) is 3.89. The van der Waals surface area contributed by atoms with Crippen LogP contribution in [0.3, 0.4) is 0 Å². The van der Waals surface area contributed by atoms with Crippen LogP contribution in [0, 0.1) is 0 Å². The summed E-state index contributed by atoms with van der Waals surface area (Å²) in [5.74, 6) is 1.44. The highest BCUT2D eigenvalue weighted by Gasteiger charge is 2.21. The Balaban J connectivity index is 1.45. The zero-order chi connectivity index (χ0) is 18.4. The van der Waals surface area contributed by atoms with Crippen LogP contribution in [0.2, 0.25) is 0 Å². The van der Waals surface area contributed by atoms with E-state index in [1.54, 1.807) is 4.57 Å². The molecular weight excluding hydrogens is 356 g/mol. The Hall–Kier alpha value is -2.42. The summed E-state index contributed by atoms with van der Waals surface area (Å²) in [6.45, 7) is 3.40. The van der Waals surface area contributed by atoms with Crippen LogP contribution in [-0.2, 0) is 11.3 Å². The Morgan fingerprint density at radius 2 is 2.23 bits per heavy atom. The van der Waals surface area contributed by atoms with E-state index in [0.29, 0.717) is 36.4 Å². The number of para-hydroxylation sites is 2. The number of fused-ring (bicyclic) bond motifs is 1. The molecule has 0 radical (unpaired) electrons. The van der Waals surface area contributed by atoms with E-state index in [2.05, 4.69) is 22.4 Å². The molecule has 1 aliphatic rings. The second-order valence-electron chi connectivity index (χ2n) is 5.91. The third kappa shape index (κ3) is 4.60. The number of amides is 1. The summed E-state index contributed by atoms with van der Waals surface area (Å²) < 4.78 is 13.0. The molecule has 0 fully saturated rings. The number of benzene rings is 1. The largest absolute Gasteiger partial charge is 0.486 e. The van der Waals surface area contributed by atoms with Crippen molar-refractivity contribution in [1.29, 1.82) is 0 Å². The average Bonchev–Trinajstić information content (AvgIpc) is 3.02. The van der Waals surface area contributed by atoms with Gasteiger partial charge in [0.15, 0.2) is 16.7 Å². The SMILES string of the molecule is CCCCn1c(SCC(=O)NCC2COc3ccccc3O2)n[nH]c1=O. The van der Waals surface area contributed by atoms with E-state index < -0.39 is 0 Å². The normalized spacial score (nSPS) is 15.7. The molecule has 0 spiro atoms. The molecule has 0 saturated heterocycles. The van der Waals surface area contributed by atoms with Gasteiger partial charge in [0.25, 0.3) is 0 Å². The predicted molar refractivity (Wildman–Crippen MR) is 97.8 cm³/mol. The second kappa shape index (κ2) is 8.79. The highest BCUT2D eigenvalue weighted by molar-refractivity contribution is 7.99. The summed E-state index contributed by atoms with van der Waals surface area (Å²) >= 11 is 1.24. The molecule has 2 heterocycles. The number of aromatic amines is 1. The summed E-state index contributed by atoms with van der Waals surface area (Å²) in [4.78, 5) is 23.8. The monoisotopic (exact) mass is 378 g/mol. The number of carbonyl (C=O) groups is 1. The quantitative estimate of drug-likeness (QED) is 0.674. The summed E-state index contributed by atoms with van der Waals surface area (Å²) in [6.07, 6.45) is 1.64. The number of nitrogens with one attached hydrogen (secondary N) is 2. The minimum absolute atomic E-state index is 0.144. The number of aromatic nitrogens is 3. The van der Waals surface area contributed by atoms with Crippen molar-refractivity contribution in [2.24, 2.45) is 0 Å². The molecule has 1 aromatic heterocycles. The average molecular weight is 378 g/mol. The lowest BCUT2D eigenvalue weighted by molar-refractivity contribution is -0.119. The van der Waals surface area contributed by atoms with Gasteiger partial charge in [0.1, 0.15) is 12.7 Å². The molecule has 1 aromatic carbocycles. The summed E-state index contributed by atoms with van der Waals surface area (Å²) in [5.41, 5.74) is -0.243. The Labute approximate surface area is 155 Å². The fourth-order valence-electron chi connectivity index (χ4n) is 2.50. The second-order valence-corrected chi connectivity index (χ2v) is 6.85. The van der Waals surface area contributed by atoms with E-state index in [-0.39, 0.29) is 23.5 Å². The maximum absolute atomic E-state index is 12.1. The van der Waals surface area contributed by atoms with Crippen molar-refractivity contribution in [3.63, 3.8) is 0 Å². The van der Waals surface area contributed by atoms with Crippen molar-refractivity contribution >= 4 is 17.7 Å². The van der Waals surface area contributed by atoms with Gasteiger partial charge in [-0.25, -0.2) is 9.89 Å². The molecule has 2 aromatic rings. The van der Waals surface area contributed by atoms with Crippen LogP contribution in [0.4, 0.5) is 0 Å². The number of unbranched alkanes of at least 4 members (excludes halogenated alkanes) is 1. The van der Waals surface area contributed by atoms with Gasteiger partial charge >= 0.3 is 5.69 Å². The van der Waals surface area contributed by atoms with Crippen LogP contribution in [0.5, 0.6) is 11.5 Å². The molecule has 0 aliphatic carbocycles. The number of nitrogens with zero attached hydrogens (tertiary/aromatic N) is 2. The van der Waals surface area contributed by atoms with Crippen LogP contribution in [0.15, 0.2) is 34.2 Å². The van der Waals surface area contributed by atoms with Crippen LogP contribution in [0.1, 0.15) is 19.8 Å². The lowest BCUT2D eigenvalue weighted by atomic mass is 10.2. The van der Waals surface area contributed by atoms with Crippen LogP contribution >= 0.6 is 11.8 Å². The molecule has 1 unspecified atom stereocenters. The van der Waals surface area contributed by atoms with Crippen molar-refractivity contribution in [3.05, 3.63) is 34.7 Å². The van der Waals surface area contributed by atoms with Gasteiger partial charge in [-0.15, -0.1) is 5.10 Å². The fraction of sp³-hybridized carbons (Fsp3) is 0.471. The molecule has 26 heavy (non-hydrogen) atoms. The van der Waals surface area contributed by atoms with Crippen molar-refractivity contribution in [1.82, 2.24) is 20.1 Å². The zero-order valence-corrected chi connectivity index (χ0v) is 15.4. The molecular formula is C17H22N4O4S. The summed E-state index contributed by atoms with van der Waals surface area (Å²) in [5, 5.41) is 9.78. The molecule has 0 bridgehead atoms. The van der Waals surface area contributed by atoms with E-state index >= 15 is 0 Å². The number of carbonyl (C=O) groups excluding carboxylic acids is 1. The van der Waals surface area contributed by atoms with Gasteiger partial charge in [-0.1, -0.05) is 37.2 Å². The predicted octanol–water partition coefficient (Wildman–Crippen LogP) is 1.42. The van der Waals surface area contributed by atoms with Gasteiger partial charge in [-0.05, 0) is 18.6 Å². The standard InChI is InChI=1S/C17H22N4O4S/c1-2-3-8-21-16(23)19-20-17(21)26-11-15(22)18-9-12-10-24-13-6-4-5-7-14(13)25-12/h4-7,12H,2-3,8-11H2,1H3,(H,18,22)(H,19,23). The van der Waals surface area contributed by atoms with E-state index in [4.69, 9.17) is 9.47 Å². The molecule has 2 N–H and O–H groups in total. The molecule has 1 atom stereocenters. The highest BCUT2D eigenvalue weighted by Crippen LogP contribution is 2.30. The Kier molecular flexibility index (Phi) is 6.21. The lowest BCUT2D eigenvalue weighted by Gasteiger charge is -2.26. The number of hydrogen-bond donors (Lipinski definition) is 2. The Morgan fingerprint density at radius 1 is 1.42 bits per heavy atom. The molecule has 8 nitrogen and oxygen atoms in total. The van der Waals surface area contributed by atoms with Gasteiger partial charge in [-0.2, -0.15) is 0 Å². The van der Waals surface area contributed by atoms with Gasteiger partial charge < -0.3 is 14.8 Å². The van der Waals surface area contributed by atoms with Crippen molar-refractivity contribution in [2.45, 2.75) is 37.6 Å². The van der Waals surface area contributed by atoms with E-state index in [1.807, 2.05) is 24.3 Å². The highest BCUT2D eigenvalue weighted by atomic mass is 32.2. The van der Waals surface area contributed by atoms with Crippen LogP contribution < -0.4 is 20.5 Å². The topological polar surface area (TPSA) is 98.2 Å². The minimum atomic E-state index is -0.243. The van der Waals surface area contributed by atoms with Gasteiger partial charge in [0.2, 0.25) is 5.91 Å². The summed E-state index contributed by atoms with van der Waals surface area (Å²) in [6, 6.07) is 7.45. The molecule has 9 heteroatoms. The Bertz CT molecular complexity index is 804. The first-order valence-corrected chi connectivity index (χ1v) is 9.59. The Morgan fingerprint density at radius 3 is 3.04 bits per heavy atom. The third-order valence-corrected chi connectivity index (χ3v) is 4.86. The maximum atomic E-state index is 12.1. The number of rotatable bonds is 8. The van der Waals surface area contributed by atoms with E-state index in [9.17, 15) is 9.59 Å². The minimum Gasteiger partial charge on any atom is -0.486 e. The van der Waals surface area contributed by atoms with Gasteiger partial charge in [-0.3, -0.25) is 9.36 Å². The molecule has 1 amide bonds. The maximum Gasteiger partial charge on any atom is 0.343 e. The van der Waals surface area contributed by atoms with Crippen LogP contribution in [-0.4, -0.2) is 45.7 Å². The first-order valence-electron chi connectivity index (χ1n) is 8.60. The number of hydrogen-bond acceptors (Lipinski definition) is 6. The van der Waals surface area contributed by atoms with Gasteiger partial charge in [0, 0.05) is 6.54 Å². The van der Waals surface area contributed by atoms with Crippen molar-refractivity contribution in [3.8, 4) is 11.5 Å². The number of H-pyrrole nitrogens is 1. The first-order chi connectivity index (χ1) is 12.7. The fourth-order valence-corrected chi connectivity index (χ4v) is 3.30. The van der Waals surface area contributed by atoms with Crippen molar-refractivity contribution in [2.75, 3.05) is 18.9 Å². The van der Waals surface area contributed by atoms with Crippen LogP contribution in [0.25, 0.3) is 0 Å². The summed E-state index contributed by atoms with van der Waals surface area (Å²) in [7, 11) is 0. The first kappa shape index (κ1) is 18.4. The lowest BCUT2D eigenvalue weighted by Crippen LogP contribution is -2.41. The van der Waals surface area contributed by atoms with E-state index in [0.717, 1.165) is 12.8 Å².